The molecule has 1 aromatic carbocycles. The molecule has 0 aliphatic heterocycles. The number of anilines is 1. The number of aromatic carboxylic acids is 1. The summed E-state index contributed by atoms with van der Waals surface area (Å²) in [5, 5.41) is 8.52. The Bertz CT molecular complexity index is 315. The fraction of sp³-hybridized carbons (Fsp3) is 0. The molecule has 0 amide bonds. The molecule has 0 radical (unpaired) electrons. The molecule has 0 atom stereocenters. The van der Waals surface area contributed by atoms with Crippen LogP contribution in [-0.4, -0.2) is 11.1 Å². The van der Waals surface area contributed by atoms with Crippen molar-refractivity contribution in [3.63, 3.8) is 0 Å². The van der Waals surface area contributed by atoms with Crippen molar-refractivity contribution in [2.45, 2.75) is 0 Å². The number of nitrogens with two attached hydrogens (primary N) is 1. The third-order valence-corrected chi connectivity index (χ3v) is 1.01. The van der Waals surface area contributed by atoms with Crippen LogP contribution in [0.2, 0.25) is 0 Å². The van der Waals surface area contributed by atoms with Crippen molar-refractivity contribution in [2.75, 3.05) is 5.73 Å². The average molecular weight is 139 g/mol. The Kier molecular flexibility index (Phi) is 1.03. The number of hydrogen-bond acceptors (Lipinski definition) is 2. The summed E-state index contributed by atoms with van der Waals surface area (Å²) in [6, 6.07) is 1.99. The van der Waals surface area contributed by atoms with E-state index in [2.05, 4.69) is 0 Å². The maximum atomic E-state index is 10.4. The van der Waals surface area contributed by atoms with E-state index in [1.807, 2.05) is 0 Å². The fourth-order valence-corrected chi connectivity index (χ4v) is 0.518. The first-order valence-corrected chi connectivity index (χ1v) is 2.62. The van der Waals surface area contributed by atoms with Crippen LogP contribution in [0.25, 0.3) is 0 Å². The summed E-state index contributed by atoms with van der Waals surface area (Å²) in [7, 11) is 0. The van der Waals surface area contributed by atoms with Crippen molar-refractivity contribution in [3.05, 3.63) is 29.8 Å². The molecule has 1 aromatic rings. The Labute approximate surface area is 60.9 Å². The fourth-order valence-electron chi connectivity index (χ4n) is 0.518. The Hall–Kier alpha value is -1.51. The van der Waals surface area contributed by atoms with E-state index < -0.39 is 5.97 Å². The third kappa shape index (κ3) is 1.25. The first-order chi connectivity index (χ1) is 5.52. The van der Waals surface area contributed by atoms with Crippen molar-refractivity contribution in [1.29, 1.82) is 0 Å². The van der Waals surface area contributed by atoms with E-state index in [0.717, 1.165) is 12.1 Å². The molecule has 3 nitrogen and oxygen atoms in total. The summed E-state index contributed by atoms with van der Waals surface area (Å²) in [5.41, 5.74) is 5.20. The number of carboxylic acid groups (broad SMARTS) is 1. The molecule has 1 rings (SSSR count). The predicted octanol–water partition coefficient (Wildman–Crippen LogP) is 0.967. The molecular weight excluding hydrogens is 130 g/mol. The zero-order valence-electron chi connectivity index (χ0n) is 7.09. The first kappa shape index (κ1) is 4.33. The standard InChI is InChI=1S/C7H7NO2/c8-6-3-1-5(2-4-6)7(9)10/h1-4H,8H2,(H,9,10)/i3D,4D. The molecular formula is C7H7NO2. The highest BCUT2D eigenvalue weighted by Crippen LogP contribution is 2.04. The number of nitrogen functional groups attached to an aromatic ring is 1. The smallest absolute Gasteiger partial charge is 0.335 e. The van der Waals surface area contributed by atoms with Gasteiger partial charge in [0.15, 0.2) is 0 Å². The Morgan fingerprint density at radius 2 is 2.10 bits per heavy atom. The van der Waals surface area contributed by atoms with Crippen LogP contribution < -0.4 is 5.73 Å². The molecule has 0 unspecified atom stereocenters. The lowest BCUT2D eigenvalue weighted by Gasteiger charge is -1.93. The van der Waals surface area contributed by atoms with Gasteiger partial charge in [-0.2, -0.15) is 0 Å². The highest BCUT2D eigenvalue weighted by Gasteiger charge is 1.98. The zero-order chi connectivity index (χ0) is 9.30. The highest BCUT2D eigenvalue weighted by molar-refractivity contribution is 5.87. The summed E-state index contributed by atoms with van der Waals surface area (Å²) in [5.74, 6) is -1.16. The maximum Gasteiger partial charge on any atom is 0.335 e. The van der Waals surface area contributed by atoms with Gasteiger partial charge in [0.05, 0.1) is 8.30 Å². The SMILES string of the molecule is [2H]c1cc(C(=O)O)cc([2H])c1N. The third-order valence-electron chi connectivity index (χ3n) is 1.01. The number of hydrogen-bond donors (Lipinski definition) is 2. The van der Waals surface area contributed by atoms with E-state index in [0.29, 0.717) is 0 Å². The molecule has 3 N–H and O–H groups in total. The van der Waals surface area contributed by atoms with Gasteiger partial charge in [0.1, 0.15) is 0 Å². The number of rotatable bonds is 1. The van der Waals surface area contributed by atoms with E-state index in [1.54, 1.807) is 0 Å². The summed E-state index contributed by atoms with van der Waals surface area (Å²) in [4.78, 5) is 10.4. The zero-order valence-corrected chi connectivity index (χ0v) is 5.09. The monoisotopic (exact) mass is 139 g/mol. The van der Waals surface area contributed by atoms with Crippen molar-refractivity contribution >= 4 is 11.7 Å². The van der Waals surface area contributed by atoms with Gasteiger partial charge in [0.2, 0.25) is 0 Å². The second-order valence-electron chi connectivity index (χ2n) is 1.75. The van der Waals surface area contributed by atoms with Crippen molar-refractivity contribution in [1.82, 2.24) is 0 Å². The van der Waals surface area contributed by atoms with Crippen molar-refractivity contribution < 1.29 is 12.6 Å². The molecule has 0 fully saturated rings. The maximum absolute atomic E-state index is 10.4. The van der Waals surface area contributed by atoms with Crippen LogP contribution in [0.15, 0.2) is 24.2 Å². The molecule has 0 aliphatic carbocycles. The van der Waals surface area contributed by atoms with E-state index >= 15 is 0 Å². The Morgan fingerprint density at radius 1 is 1.60 bits per heavy atom. The van der Waals surface area contributed by atoms with E-state index in [4.69, 9.17) is 13.6 Å². The predicted molar refractivity (Wildman–Crippen MR) is 37.8 cm³/mol. The Balaban J connectivity index is 3.31. The molecule has 3 heteroatoms. The van der Waals surface area contributed by atoms with Gasteiger partial charge < -0.3 is 10.8 Å². The average Bonchev–Trinajstić information content (AvgIpc) is 1.99. The van der Waals surface area contributed by atoms with Crippen LogP contribution in [0.4, 0.5) is 5.69 Å². The highest BCUT2D eigenvalue weighted by atomic mass is 16.4. The summed E-state index contributed by atoms with van der Waals surface area (Å²) < 4.78 is 14.4. The summed E-state index contributed by atoms with van der Waals surface area (Å²) in [6.07, 6.45) is 0. The first-order valence-electron chi connectivity index (χ1n) is 3.62. The number of carbonyl (C=O) groups is 1. The summed E-state index contributed by atoms with van der Waals surface area (Å²) >= 11 is 0. The van der Waals surface area contributed by atoms with Gasteiger partial charge in [-0.3, -0.25) is 0 Å². The number of benzene rings is 1. The molecule has 0 saturated carbocycles. The molecule has 0 aliphatic rings. The summed E-state index contributed by atoms with van der Waals surface area (Å²) in [6.45, 7) is 0. The van der Waals surface area contributed by atoms with Crippen LogP contribution in [0.5, 0.6) is 0 Å². The molecule has 0 spiro atoms. The molecule has 10 heavy (non-hydrogen) atoms. The van der Waals surface area contributed by atoms with Gasteiger partial charge in [0.25, 0.3) is 0 Å². The van der Waals surface area contributed by atoms with Crippen LogP contribution >= 0.6 is 0 Å². The second kappa shape index (κ2) is 2.39. The lowest BCUT2D eigenvalue weighted by molar-refractivity contribution is 0.0697. The van der Waals surface area contributed by atoms with Crippen molar-refractivity contribution in [2.24, 2.45) is 0 Å². The van der Waals surface area contributed by atoms with Gasteiger partial charge >= 0.3 is 5.97 Å². The molecule has 52 valence electrons. The van der Waals surface area contributed by atoms with Gasteiger partial charge in [-0.05, 0) is 24.2 Å². The van der Waals surface area contributed by atoms with E-state index in [1.165, 1.54) is 0 Å². The van der Waals surface area contributed by atoms with Gasteiger partial charge in [0, 0.05) is 5.69 Å². The minimum Gasteiger partial charge on any atom is -0.478 e. The quantitative estimate of drug-likeness (QED) is 0.570. The molecule has 0 heterocycles. The minimum absolute atomic E-state index is 0.000000000000000222. The van der Waals surface area contributed by atoms with Gasteiger partial charge in [-0.1, -0.05) is 0 Å². The minimum atomic E-state index is -1.16. The van der Waals surface area contributed by atoms with Crippen LogP contribution in [0.1, 0.15) is 13.1 Å². The normalized spacial score (nSPS) is 12.0. The lowest BCUT2D eigenvalue weighted by Crippen LogP contribution is -1.95. The second-order valence-corrected chi connectivity index (χ2v) is 1.75. The van der Waals surface area contributed by atoms with Crippen LogP contribution in [0, 0.1) is 0 Å². The van der Waals surface area contributed by atoms with E-state index in [-0.39, 0.29) is 23.3 Å². The topological polar surface area (TPSA) is 63.3 Å². The van der Waals surface area contributed by atoms with Crippen molar-refractivity contribution in [3.8, 4) is 0 Å². The van der Waals surface area contributed by atoms with E-state index in [9.17, 15) is 4.79 Å². The molecule has 0 bridgehead atoms. The molecule has 0 saturated heterocycles. The largest absolute Gasteiger partial charge is 0.478 e. The van der Waals surface area contributed by atoms with Crippen LogP contribution in [0.3, 0.4) is 0 Å². The van der Waals surface area contributed by atoms with Gasteiger partial charge in [-0.25, -0.2) is 4.79 Å². The lowest BCUT2D eigenvalue weighted by atomic mass is 10.2. The number of carboxylic acids is 1. The Morgan fingerprint density at radius 3 is 2.50 bits per heavy atom. The van der Waals surface area contributed by atoms with Crippen LogP contribution in [-0.2, 0) is 0 Å². The molecule has 0 aromatic heterocycles. The van der Waals surface area contributed by atoms with Gasteiger partial charge in [-0.15, -0.1) is 0 Å².